The van der Waals surface area contributed by atoms with E-state index in [9.17, 15) is 9.59 Å². The van der Waals surface area contributed by atoms with Crippen molar-refractivity contribution in [2.75, 3.05) is 5.32 Å². The highest BCUT2D eigenvalue weighted by Crippen LogP contribution is 2.04. The standard InChI is InChI=1S/C10H11NO.C9H9NO/c1-2-10(12)11-8-9-6-4-3-5-7-9;1-2-9(11)10-8-6-4-3-5-7-8/h2-7H,1,8H2,(H,11,12);2-7H,1H2,(H,10,11). The van der Waals surface area contributed by atoms with Crippen molar-refractivity contribution in [3.8, 4) is 0 Å². The molecule has 0 spiro atoms. The summed E-state index contributed by atoms with van der Waals surface area (Å²) in [5.74, 6) is -0.324. The molecule has 2 rings (SSSR count). The molecule has 0 fully saturated rings. The van der Waals surface area contributed by atoms with Crippen molar-refractivity contribution in [1.29, 1.82) is 0 Å². The molecule has 0 bridgehead atoms. The van der Waals surface area contributed by atoms with Gasteiger partial charge in [0, 0.05) is 12.2 Å². The monoisotopic (exact) mass is 308 g/mol. The lowest BCUT2D eigenvalue weighted by Crippen LogP contribution is -2.19. The van der Waals surface area contributed by atoms with Crippen LogP contribution < -0.4 is 10.6 Å². The Kier molecular flexibility index (Phi) is 8.23. The number of carbonyl (C=O) groups is 2. The highest BCUT2D eigenvalue weighted by atomic mass is 16.2. The lowest BCUT2D eigenvalue weighted by Gasteiger charge is -2.00. The van der Waals surface area contributed by atoms with Gasteiger partial charge in [-0.2, -0.15) is 0 Å². The van der Waals surface area contributed by atoms with E-state index >= 15 is 0 Å². The zero-order valence-corrected chi connectivity index (χ0v) is 12.9. The molecule has 0 aromatic heterocycles. The Balaban J connectivity index is 0.000000231. The first-order chi connectivity index (χ1) is 11.2. The molecule has 0 atom stereocenters. The summed E-state index contributed by atoms with van der Waals surface area (Å²) in [4.78, 5) is 21.5. The van der Waals surface area contributed by atoms with Gasteiger partial charge in [-0.25, -0.2) is 0 Å². The van der Waals surface area contributed by atoms with E-state index < -0.39 is 0 Å². The molecule has 0 saturated heterocycles. The summed E-state index contributed by atoms with van der Waals surface area (Å²) in [6.45, 7) is 7.27. The molecule has 118 valence electrons. The molecule has 23 heavy (non-hydrogen) atoms. The molecule has 2 N–H and O–H groups in total. The van der Waals surface area contributed by atoms with Gasteiger partial charge in [0.15, 0.2) is 0 Å². The third-order valence-corrected chi connectivity index (χ3v) is 2.72. The van der Waals surface area contributed by atoms with Gasteiger partial charge >= 0.3 is 0 Å². The Bertz CT molecular complexity index is 637. The van der Waals surface area contributed by atoms with Gasteiger partial charge in [-0.05, 0) is 29.8 Å². The molecule has 2 amide bonds. The maximum atomic E-state index is 10.8. The SMILES string of the molecule is C=CC(=O)NCc1ccccc1.C=CC(=O)Nc1ccccc1. The Morgan fingerprint density at radius 3 is 1.87 bits per heavy atom. The Hall–Kier alpha value is -3.14. The fourth-order valence-corrected chi connectivity index (χ4v) is 1.57. The van der Waals surface area contributed by atoms with Gasteiger partial charge in [0.25, 0.3) is 0 Å². The Morgan fingerprint density at radius 2 is 1.35 bits per heavy atom. The molecule has 0 aliphatic rings. The first-order valence-electron chi connectivity index (χ1n) is 7.08. The van der Waals surface area contributed by atoms with Crippen LogP contribution in [0, 0.1) is 0 Å². The van der Waals surface area contributed by atoms with E-state index in [2.05, 4.69) is 23.8 Å². The molecule has 0 unspecified atom stereocenters. The van der Waals surface area contributed by atoms with Crippen LogP contribution in [0.15, 0.2) is 86.0 Å². The molecule has 2 aromatic carbocycles. The van der Waals surface area contributed by atoms with E-state index in [4.69, 9.17) is 0 Å². The van der Waals surface area contributed by atoms with E-state index in [0.29, 0.717) is 6.54 Å². The van der Waals surface area contributed by atoms with Crippen molar-refractivity contribution in [3.05, 3.63) is 91.5 Å². The highest BCUT2D eigenvalue weighted by Gasteiger charge is 1.93. The number of para-hydroxylation sites is 1. The minimum absolute atomic E-state index is 0.140. The van der Waals surface area contributed by atoms with Gasteiger partial charge in [0.05, 0.1) is 0 Å². The molecule has 0 aliphatic carbocycles. The smallest absolute Gasteiger partial charge is 0.247 e. The second kappa shape index (κ2) is 10.6. The van der Waals surface area contributed by atoms with Gasteiger partial charge in [-0.3, -0.25) is 9.59 Å². The lowest BCUT2D eigenvalue weighted by molar-refractivity contribution is -0.116. The number of rotatable bonds is 5. The average molecular weight is 308 g/mol. The van der Waals surface area contributed by atoms with Gasteiger partial charge in [0.2, 0.25) is 11.8 Å². The molecule has 0 aliphatic heterocycles. The molecule has 4 nitrogen and oxygen atoms in total. The van der Waals surface area contributed by atoms with Crippen LogP contribution in [0.2, 0.25) is 0 Å². The molecule has 0 heterocycles. The number of hydrogen-bond donors (Lipinski definition) is 2. The first kappa shape index (κ1) is 17.9. The van der Waals surface area contributed by atoms with Crippen LogP contribution in [0.1, 0.15) is 5.56 Å². The normalized spacial score (nSPS) is 8.87. The second-order valence-electron chi connectivity index (χ2n) is 4.47. The predicted molar refractivity (Wildman–Crippen MR) is 93.8 cm³/mol. The number of benzene rings is 2. The topological polar surface area (TPSA) is 58.2 Å². The fourth-order valence-electron chi connectivity index (χ4n) is 1.57. The number of hydrogen-bond acceptors (Lipinski definition) is 2. The molecule has 4 heteroatoms. The lowest BCUT2D eigenvalue weighted by atomic mass is 10.2. The van der Waals surface area contributed by atoms with Gasteiger partial charge in [-0.15, -0.1) is 0 Å². The quantitative estimate of drug-likeness (QED) is 0.833. The molecular weight excluding hydrogens is 288 g/mol. The van der Waals surface area contributed by atoms with Crippen molar-refractivity contribution in [1.82, 2.24) is 5.32 Å². The van der Waals surface area contributed by atoms with Crippen LogP contribution in [-0.2, 0) is 16.1 Å². The van der Waals surface area contributed by atoms with Crippen molar-refractivity contribution in [2.24, 2.45) is 0 Å². The summed E-state index contributed by atoms with van der Waals surface area (Å²) in [7, 11) is 0. The van der Waals surface area contributed by atoms with Crippen LogP contribution in [0.4, 0.5) is 5.69 Å². The third-order valence-electron chi connectivity index (χ3n) is 2.72. The average Bonchev–Trinajstić information content (AvgIpc) is 2.62. The van der Waals surface area contributed by atoms with Crippen molar-refractivity contribution in [2.45, 2.75) is 6.54 Å². The first-order valence-corrected chi connectivity index (χ1v) is 7.08. The second-order valence-corrected chi connectivity index (χ2v) is 4.47. The van der Waals surface area contributed by atoms with Gasteiger partial charge in [-0.1, -0.05) is 61.7 Å². The van der Waals surface area contributed by atoms with Crippen LogP contribution in [0.25, 0.3) is 0 Å². The number of amides is 2. The fraction of sp³-hybridized carbons (Fsp3) is 0.0526. The third kappa shape index (κ3) is 8.02. The summed E-state index contributed by atoms with van der Waals surface area (Å²) in [6, 6.07) is 19.0. The Morgan fingerprint density at radius 1 is 0.826 bits per heavy atom. The van der Waals surface area contributed by atoms with Crippen molar-refractivity contribution < 1.29 is 9.59 Å². The highest BCUT2D eigenvalue weighted by molar-refractivity contribution is 5.98. The summed E-state index contributed by atoms with van der Waals surface area (Å²) in [5.41, 5.74) is 1.88. The van der Waals surface area contributed by atoms with Crippen LogP contribution >= 0.6 is 0 Å². The summed E-state index contributed by atoms with van der Waals surface area (Å²) in [5, 5.41) is 5.33. The summed E-state index contributed by atoms with van der Waals surface area (Å²) < 4.78 is 0. The maximum Gasteiger partial charge on any atom is 0.247 e. The zero-order chi connectivity index (χ0) is 16.9. The number of carbonyl (C=O) groups excluding carboxylic acids is 2. The molecule has 0 saturated carbocycles. The summed E-state index contributed by atoms with van der Waals surface area (Å²) in [6.07, 6.45) is 2.51. The largest absolute Gasteiger partial charge is 0.348 e. The number of anilines is 1. The van der Waals surface area contributed by atoms with E-state index in [0.717, 1.165) is 11.3 Å². The van der Waals surface area contributed by atoms with E-state index in [1.807, 2.05) is 60.7 Å². The van der Waals surface area contributed by atoms with Gasteiger partial charge in [0.1, 0.15) is 0 Å². The van der Waals surface area contributed by atoms with Crippen LogP contribution in [0.5, 0.6) is 0 Å². The van der Waals surface area contributed by atoms with Crippen LogP contribution in [-0.4, -0.2) is 11.8 Å². The molecule has 2 aromatic rings. The molecular formula is C19H20N2O2. The van der Waals surface area contributed by atoms with E-state index in [1.54, 1.807) is 0 Å². The number of nitrogens with one attached hydrogen (secondary N) is 2. The van der Waals surface area contributed by atoms with Crippen LogP contribution in [0.3, 0.4) is 0 Å². The summed E-state index contributed by atoms with van der Waals surface area (Å²) >= 11 is 0. The minimum atomic E-state index is -0.184. The zero-order valence-electron chi connectivity index (χ0n) is 12.9. The van der Waals surface area contributed by atoms with E-state index in [-0.39, 0.29) is 11.8 Å². The van der Waals surface area contributed by atoms with Crippen molar-refractivity contribution in [3.63, 3.8) is 0 Å². The van der Waals surface area contributed by atoms with Gasteiger partial charge < -0.3 is 10.6 Å². The molecule has 0 radical (unpaired) electrons. The maximum absolute atomic E-state index is 10.8. The minimum Gasteiger partial charge on any atom is -0.348 e. The Labute approximate surface area is 136 Å². The predicted octanol–water partition coefficient (Wildman–Crippen LogP) is 3.30. The van der Waals surface area contributed by atoms with E-state index in [1.165, 1.54) is 12.2 Å². The van der Waals surface area contributed by atoms with Crippen molar-refractivity contribution >= 4 is 17.5 Å².